The highest BCUT2D eigenvalue weighted by Gasteiger charge is 2.33. The van der Waals surface area contributed by atoms with E-state index >= 15 is 0 Å². The molecule has 3 aliphatic rings. The van der Waals surface area contributed by atoms with Gasteiger partial charge >= 0.3 is 0 Å². The Hall–Kier alpha value is -3.33. The molecule has 8 nitrogen and oxygen atoms in total. The number of nitrogens with one attached hydrogen (secondary N) is 4. The number of hydrogen-bond acceptors (Lipinski definition) is 5. The van der Waals surface area contributed by atoms with Gasteiger partial charge in [-0.1, -0.05) is 0 Å². The predicted molar refractivity (Wildman–Crippen MR) is 132 cm³/mol. The Labute approximate surface area is 209 Å². The number of benzene rings is 1. The van der Waals surface area contributed by atoms with Gasteiger partial charge in [-0.2, -0.15) is 0 Å². The van der Waals surface area contributed by atoms with Crippen molar-refractivity contribution in [2.45, 2.75) is 63.6 Å². The van der Waals surface area contributed by atoms with E-state index in [9.17, 15) is 14.0 Å². The van der Waals surface area contributed by atoms with Crippen molar-refractivity contribution >= 4 is 17.4 Å². The number of allylic oxidation sites excluding steroid dienone is 1. The number of carbonyl (C=O) groups excluding carboxylic acids is 2. The molecule has 36 heavy (non-hydrogen) atoms. The maximum atomic E-state index is 14.1. The zero-order valence-electron chi connectivity index (χ0n) is 20.4. The third kappa shape index (κ3) is 5.26. The molecule has 2 aromatic rings. The van der Waals surface area contributed by atoms with Crippen LogP contribution in [0.1, 0.15) is 68.3 Å². The molecule has 1 atom stereocenters. The maximum Gasteiger partial charge on any atom is 0.255 e. The minimum atomic E-state index is -0.511. The van der Waals surface area contributed by atoms with Crippen molar-refractivity contribution in [2.24, 2.45) is 5.92 Å². The maximum absolute atomic E-state index is 14.1. The summed E-state index contributed by atoms with van der Waals surface area (Å²) in [6, 6.07) is 6.32. The molecule has 1 aromatic heterocycles. The fraction of sp³-hybridized carbons (Fsp3) is 0.481. The summed E-state index contributed by atoms with van der Waals surface area (Å²) < 4.78 is 20.1. The molecule has 1 unspecified atom stereocenters. The summed E-state index contributed by atoms with van der Waals surface area (Å²) in [6.45, 7) is 1.95. The Morgan fingerprint density at radius 1 is 1.06 bits per heavy atom. The van der Waals surface area contributed by atoms with E-state index in [0.717, 1.165) is 61.0 Å². The molecule has 0 saturated heterocycles. The molecule has 2 fully saturated rings. The largest absolute Gasteiger partial charge is 0.493 e. The number of rotatable bonds is 8. The average Bonchev–Trinajstić information content (AvgIpc) is 3.57. The molecule has 5 rings (SSSR count). The highest BCUT2D eigenvalue weighted by Crippen LogP contribution is 2.40. The zero-order valence-corrected chi connectivity index (χ0v) is 20.4. The number of halogens is 1. The van der Waals surface area contributed by atoms with Crippen molar-refractivity contribution in [3.63, 3.8) is 0 Å². The van der Waals surface area contributed by atoms with Gasteiger partial charge in [0.2, 0.25) is 5.91 Å². The molecular formula is C27H33FN4O4. The molecule has 1 aliphatic heterocycles. The number of fused-ring (bicyclic) bond motifs is 1. The van der Waals surface area contributed by atoms with E-state index in [2.05, 4.69) is 20.9 Å². The standard InChI is InChI=1S/C27H33FN4O4/c1-15-24(27(35)32-19-7-5-18(6-8-19)31-23(34)13-33)26-21(10-11-29-26)25(30-15)20-9-4-17(28)12-22(20)36-14-16-2-3-16/h4,9-12,16,18-19,25,29-30,33H,2-3,5-8,13-14H2,1H3,(H,31,34)(H,32,35). The number of aliphatic hydroxyl groups is 1. The van der Waals surface area contributed by atoms with E-state index in [0.29, 0.717) is 23.8 Å². The summed E-state index contributed by atoms with van der Waals surface area (Å²) in [5, 5.41) is 18.4. The number of H-pyrrole nitrogens is 1. The first kappa shape index (κ1) is 24.4. The number of aliphatic hydroxyl groups excluding tert-OH is 1. The van der Waals surface area contributed by atoms with Crippen molar-refractivity contribution in [3.05, 3.63) is 58.8 Å². The van der Waals surface area contributed by atoms with Gasteiger partial charge in [0.25, 0.3) is 5.91 Å². The molecule has 0 spiro atoms. The summed E-state index contributed by atoms with van der Waals surface area (Å²) in [5.74, 6) is 0.202. The molecule has 192 valence electrons. The Morgan fingerprint density at radius 2 is 1.78 bits per heavy atom. The number of carbonyl (C=O) groups is 2. The van der Waals surface area contributed by atoms with Crippen molar-refractivity contribution < 1.29 is 23.8 Å². The summed E-state index contributed by atoms with van der Waals surface area (Å²) in [6.07, 6.45) is 7.10. The molecule has 2 saturated carbocycles. The molecule has 0 bridgehead atoms. The van der Waals surface area contributed by atoms with Gasteiger partial charge < -0.3 is 30.8 Å². The minimum absolute atomic E-state index is 0.00994. The molecule has 5 N–H and O–H groups in total. The fourth-order valence-electron chi connectivity index (χ4n) is 5.20. The summed E-state index contributed by atoms with van der Waals surface area (Å²) in [7, 11) is 0. The second kappa shape index (κ2) is 10.3. The van der Waals surface area contributed by atoms with Crippen LogP contribution in [0.25, 0.3) is 5.57 Å². The first-order valence-corrected chi connectivity index (χ1v) is 12.7. The fourth-order valence-corrected chi connectivity index (χ4v) is 5.20. The van der Waals surface area contributed by atoms with E-state index in [1.807, 2.05) is 19.2 Å². The van der Waals surface area contributed by atoms with Crippen molar-refractivity contribution in [1.82, 2.24) is 20.9 Å². The minimum Gasteiger partial charge on any atom is -0.493 e. The van der Waals surface area contributed by atoms with Crippen molar-refractivity contribution in [3.8, 4) is 5.75 Å². The molecule has 9 heteroatoms. The van der Waals surface area contributed by atoms with Gasteiger partial charge in [0.15, 0.2) is 0 Å². The molecular weight excluding hydrogens is 463 g/mol. The van der Waals surface area contributed by atoms with Gasteiger partial charge in [0.05, 0.1) is 23.9 Å². The number of aromatic nitrogens is 1. The zero-order chi connectivity index (χ0) is 25.2. The van der Waals surface area contributed by atoms with Crippen LogP contribution in [-0.2, 0) is 9.59 Å². The van der Waals surface area contributed by atoms with Crippen LogP contribution in [-0.4, -0.2) is 47.2 Å². The normalized spacial score (nSPS) is 23.5. The Morgan fingerprint density at radius 3 is 2.47 bits per heavy atom. The van der Waals surface area contributed by atoms with Gasteiger partial charge in [0, 0.05) is 41.2 Å². The molecule has 2 aliphatic carbocycles. The Balaban J connectivity index is 1.30. The van der Waals surface area contributed by atoms with E-state index in [1.54, 1.807) is 6.07 Å². The van der Waals surface area contributed by atoms with Crippen LogP contribution in [0.4, 0.5) is 4.39 Å². The second-order valence-electron chi connectivity index (χ2n) is 10.1. The summed E-state index contributed by atoms with van der Waals surface area (Å²) in [5.41, 5.74) is 3.78. The third-order valence-corrected chi connectivity index (χ3v) is 7.33. The Bertz CT molecular complexity index is 1160. The number of aromatic amines is 1. The quantitative estimate of drug-likeness (QED) is 0.386. The van der Waals surface area contributed by atoms with Gasteiger partial charge in [-0.3, -0.25) is 9.59 Å². The van der Waals surface area contributed by atoms with Gasteiger partial charge in [-0.25, -0.2) is 4.39 Å². The Kier molecular flexibility index (Phi) is 7.00. The van der Waals surface area contributed by atoms with E-state index in [-0.39, 0.29) is 35.8 Å². The lowest BCUT2D eigenvalue weighted by molar-refractivity contribution is -0.125. The smallest absolute Gasteiger partial charge is 0.255 e. The first-order chi connectivity index (χ1) is 17.4. The van der Waals surface area contributed by atoms with E-state index in [4.69, 9.17) is 9.84 Å². The lowest BCUT2D eigenvalue weighted by Gasteiger charge is -2.32. The average molecular weight is 497 g/mol. The number of hydrogen-bond donors (Lipinski definition) is 5. The monoisotopic (exact) mass is 496 g/mol. The van der Waals surface area contributed by atoms with Crippen molar-refractivity contribution in [1.29, 1.82) is 0 Å². The van der Waals surface area contributed by atoms with Crippen LogP contribution in [0.5, 0.6) is 5.75 Å². The number of ether oxygens (including phenoxy) is 1. The van der Waals surface area contributed by atoms with Gasteiger partial charge in [0.1, 0.15) is 18.2 Å². The second-order valence-corrected chi connectivity index (χ2v) is 10.1. The SMILES string of the molecule is CC1=C(C(=O)NC2CCC(NC(=O)CO)CC2)c2[nH]ccc2C(c2ccc(F)cc2OCC2CC2)N1. The van der Waals surface area contributed by atoms with Crippen LogP contribution in [0, 0.1) is 11.7 Å². The van der Waals surface area contributed by atoms with Crippen LogP contribution in [0.2, 0.25) is 0 Å². The molecule has 2 amide bonds. The van der Waals surface area contributed by atoms with Crippen LogP contribution in [0.15, 0.2) is 36.2 Å². The number of amides is 2. The molecule has 0 radical (unpaired) electrons. The molecule has 2 heterocycles. The highest BCUT2D eigenvalue weighted by molar-refractivity contribution is 6.20. The highest BCUT2D eigenvalue weighted by atomic mass is 19.1. The predicted octanol–water partition coefficient (Wildman–Crippen LogP) is 2.90. The van der Waals surface area contributed by atoms with Crippen LogP contribution in [0.3, 0.4) is 0 Å². The van der Waals surface area contributed by atoms with E-state index < -0.39 is 6.61 Å². The summed E-state index contributed by atoms with van der Waals surface area (Å²) >= 11 is 0. The molecule has 1 aromatic carbocycles. The lowest BCUT2D eigenvalue weighted by Crippen LogP contribution is -2.45. The van der Waals surface area contributed by atoms with Crippen LogP contribution < -0.4 is 20.7 Å². The van der Waals surface area contributed by atoms with Crippen LogP contribution >= 0.6 is 0 Å². The van der Waals surface area contributed by atoms with Crippen molar-refractivity contribution in [2.75, 3.05) is 13.2 Å². The van der Waals surface area contributed by atoms with Gasteiger partial charge in [-0.05, 0) is 69.6 Å². The summed E-state index contributed by atoms with van der Waals surface area (Å²) in [4.78, 5) is 28.0. The van der Waals surface area contributed by atoms with Gasteiger partial charge in [-0.15, -0.1) is 0 Å². The lowest BCUT2D eigenvalue weighted by atomic mass is 9.89. The topological polar surface area (TPSA) is 115 Å². The first-order valence-electron chi connectivity index (χ1n) is 12.7. The third-order valence-electron chi connectivity index (χ3n) is 7.33. The van der Waals surface area contributed by atoms with E-state index in [1.165, 1.54) is 12.1 Å².